The number of nitrogens with zero attached hydrogens (tertiary/aromatic N) is 6. The number of piperazine rings is 1. The first kappa shape index (κ1) is 15.1. The van der Waals surface area contributed by atoms with Crippen LogP contribution in [0.15, 0.2) is 30.7 Å². The van der Waals surface area contributed by atoms with Crippen molar-refractivity contribution in [3.63, 3.8) is 0 Å². The normalized spacial score (nSPS) is 18.1. The molecule has 2 aromatic rings. The number of hydrogen-bond donors (Lipinski definition) is 0. The maximum atomic E-state index is 13.2. The van der Waals surface area contributed by atoms with Crippen LogP contribution in [-0.4, -0.2) is 45.6 Å². The van der Waals surface area contributed by atoms with E-state index in [-0.39, 0.29) is 11.7 Å². The van der Waals surface area contributed by atoms with Crippen LogP contribution in [0.1, 0.15) is 6.92 Å². The van der Waals surface area contributed by atoms with Crippen molar-refractivity contribution < 1.29 is 9.31 Å². The molecule has 8 nitrogen and oxygen atoms in total. The molecule has 2 aromatic heterocycles. The molecule has 1 atom stereocenters. The first-order valence-electron chi connectivity index (χ1n) is 7.14. The molecule has 9 heteroatoms. The Bertz CT molecular complexity index is 711. The molecule has 3 heterocycles. The van der Waals surface area contributed by atoms with Gasteiger partial charge in [0.25, 0.3) is 0 Å². The molecule has 0 bridgehead atoms. The molecule has 1 fully saturated rings. The molecule has 0 amide bonds. The number of anilines is 2. The highest BCUT2D eigenvalue weighted by Crippen LogP contribution is 2.22. The molecule has 1 saturated heterocycles. The van der Waals surface area contributed by atoms with E-state index in [9.17, 15) is 14.5 Å². The van der Waals surface area contributed by atoms with Gasteiger partial charge < -0.3 is 9.80 Å². The molecule has 0 spiro atoms. The molecule has 0 aliphatic carbocycles. The summed E-state index contributed by atoms with van der Waals surface area (Å²) in [5.74, 6) is -0.0417. The number of hydrogen-bond acceptors (Lipinski definition) is 7. The van der Waals surface area contributed by atoms with Crippen molar-refractivity contribution in [1.29, 1.82) is 0 Å². The predicted molar refractivity (Wildman–Crippen MR) is 81.9 cm³/mol. The van der Waals surface area contributed by atoms with Gasteiger partial charge >= 0.3 is 5.69 Å². The van der Waals surface area contributed by atoms with Crippen molar-refractivity contribution in [2.75, 3.05) is 29.4 Å². The molecular weight excluding hydrogens is 303 g/mol. The monoisotopic (exact) mass is 318 g/mol. The number of pyridine rings is 1. The second-order valence-corrected chi connectivity index (χ2v) is 5.32. The first-order chi connectivity index (χ1) is 11.0. The summed E-state index contributed by atoms with van der Waals surface area (Å²) in [6, 6.07) is 3.26. The summed E-state index contributed by atoms with van der Waals surface area (Å²) in [6.45, 7) is 4.00. The third-order valence-electron chi connectivity index (χ3n) is 3.80. The summed E-state index contributed by atoms with van der Waals surface area (Å²) in [5, 5.41) is 10.6. The Morgan fingerprint density at radius 3 is 2.65 bits per heavy atom. The Hall–Kier alpha value is -2.84. The molecular formula is C14H15FN6O2. The molecule has 120 valence electrons. The molecule has 1 aliphatic rings. The Kier molecular flexibility index (Phi) is 4.00. The van der Waals surface area contributed by atoms with Crippen LogP contribution in [0, 0.1) is 16.1 Å². The number of aromatic nitrogens is 3. The zero-order valence-corrected chi connectivity index (χ0v) is 12.5. The van der Waals surface area contributed by atoms with Gasteiger partial charge in [0.05, 0.1) is 4.92 Å². The molecule has 0 aromatic carbocycles. The Labute approximate surface area is 131 Å². The fraction of sp³-hybridized carbons (Fsp3) is 0.357. The van der Waals surface area contributed by atoms with Crippen molar-refractivity contribution in [1.82, 2.24) is 15.0 Å². The first-order valence-corrected chi connectivity index (χ1v) is 7.14. The van der Waals surface area contributed by atoms with E-state index in [0.29, 0.717) is 25.6 Å². The summed E-state index contributed by atoms with van der Waals surface area (Å²) in [4.78, 5) is 25.9. The highest BCUT2D eigenvalue weighted by Gasteiger charge is 2.26. The van der Waals surface area contributed by atoms with Crippen molar-refractivity contribution in [2.24, 2.45) is 0 Å². The Morgan fingerprint density at radius 2 is 2.04 bits per heavy atom. The standard InChI is InChI=1S/C14H15FN6O2/c1-10-9-19(11-2-3-16-13(15)6-11)4-5-20(10)14-17-7-12(8-18-14)21(22)23/h2-3,6-8,10H,4-5,9H2,1H3/t10-/m0/s1. The van der Waals surface area contributed by atoms with E-state index in [4.69, 9.17) is 0 Å². The van der Waals surface area contributed by atoms with Crippen molar-refractivity contribution in [3.8, 4) is 0 Å². The number of nitro groups is 1. The maximum Gasteiger partial charge on any atom is 0.305 e. The van der Waals surface area contributed by atoms with Gasteiger partial charge in [0.2, 0.25) is 11.9 Å². The highest BCUT2D eigenvalue weighted by atomic mass is 19.1. The van der Waals surface area contributed by atoms with Gasteiger partial charge in [0, 0.05) is 43.6 Å². The topological polar surface area (TPSA) is 88.3 Å². The largest absolute Gasteiger partial charge is 0.368 e. The van der Waals surface area contributed by atoms with Gasteiger partial charge in [-0.1, -0.05) is 0 Å². The summed E-state index contributed by atoms with van der Waals surface area (Å²) in [5.41, 5.74) is 0.654. The van der Waals surface area contributed by atoms with Gasteiger partial charge in [0.15, 0.2) is 0 Å². The predicted octanol–water partition coefficient (Wildman–Crippen LogP) is 1.63. The Balaban J connectivity index is 1.72. The van der Waals surface area contributed by atoms with Crippen molar-refractivity contribution >= 4 is 17.3 Å². The van der Waals surface area contributed by atoms with Crippen LogP contribution in [-0.2, 0) is 0 Å². The maximum absolute atomic E-state index is 13.2. The van der Waals surface area contributed by atoms with E-state index < -0.39 is 10.9 Å². The summed E-state index contributed by atoms with van der Waals surface area (Å²) in [6.07, 6.45) is 3.86. The van der Waals surface area contributed by atoms with Crippen LogP contribution < -0.4 is 9.80 Å². The average Bonchev–Trinajstić information content (AvgIpc) is 2.55. The minimum absolute atomic E-state index is 0.0847. The Morgan fingerprint density at radius 1 is 1.30 bits per heavy atom. The lowest BCUT2D eigenvalue weighted by Gasteiger charge is -2.40. The fourth-order valence-electron chi connectivity index (χ4n) is 2.64. The second kappa shape index (κ2) is 6.11. The van der Waals surface area contributed by atoms with Gasteiger partial charge in [-0.25, -0.2) is 15.0 Å². The van der Waals surface area contributed by atoms with Gasteiger partial charge in [0.1, 0.15) is 12.4 Å². The van der Waals surface area contributed by atoms with E-state index in [0.717, 1.165) is 5.69 Å². The van der Waals surface area contributed by atoms with E-state index in [1.807, 2.05) is 11.8 Å². The van der Waals surface area contributed by atoms with Gasteiger partial charge in [-0.15, -0.1) is 0 Å². The van der Waals surface area contributed by atoms with E-state index >= 15 is 0 Å². The summed E-state index contributed by atoms with van der Waals surface area (Å²) < 4.78 is 13.2. The number of rotatable bonds is 3. The van der Waals surface area contributed by atoms with Crippen LogP contribution in [0.3, 0.4) is 0 Å². The zero-order valence-electron chi connectivity index (χ0n) is 12.5. The molecule has 0 unspecified atom stereocenters. The molecule has 3 rings (SSSR count). The van der Waals surface area contributed by atoms with E-state index in [1.54, 1.807) is 6.07 Å². The lowest BCUT2D eigenvalue weighted by atomic mass is 10.2. The minimum atomic E-state index is -0.525. The summed E-state index contributed by atoms with van der Waals surface area (Å²) in [7, 11) is 0. The molecule has 0 radical (unpaired) electrons. The van der Waals surface area contributed by atoms with Crippen molar-refractivity contribution in [3.05, 3.63) is 46.8 Å². The van der Waals surface area contributed by atoms with Crippen LogP contribution in [0.25, 0.3) is 0 Å². The molecule has 1 aliphatic heterocycles. The van der Waals surface area contributed by atoms with Crippen LogP contribution >= 0.6 is 0 Å². The van der Waals surface area contributed by atoms with Gasteiger partial charge in [-0.3, -0.25) is 10.1 Å². The summed E-state index contributed by atoms with van der Waals surface area (Å²) >= 11 is 0. The molecule has 23 heavy (non-hydrogen) atoms. The fourth-order valence-corrected chi connectivity index (χ4v) is 2.64. The molecule has 0 saturated carbocycles. The zero-order chi connectivity index (χ0) is 16.4. The highest BCUT2D eigenvalue weighted by molar-refractivity contribution is 5.48. The van der Waals surface area contributed by atoms with Crippen LogP contribution in [0.5, 0.6) is 0 Å². The van der Waals surface area contributed by atoms with Crippen molar-refractivity contribution in [2.45, 2.75) is 13.0 Å². The van der Waals surface area contributed by atoms with Gasteiger partial charge in [-0.2, -0.15) is 4.39 Å². The van der Waals surface area contributed by atoms with Crippen LogP contribution in [0.2, 0.25) is 0 Å². The van der Waals surface area contributed by atoms with Gasteiger partial charge in [-0.05, 0) is 13.0 Å². The SMILES string of the molecule is C[C@H]1CN(c2ccnc(F)c2)CCN1c1ncc([N+](=O)[O-])cn1. The van der Waals surface area contributed by atoms with E-state index in [2.05, 4.69) is 19.9 Å². The lowest BCUT2D eigenvalue weighted by Crippen LogP contribution is -2.52. The second-order valence-electron chi connectivity index (χ2n) is 5.32. The molecule has 0 N–H and O–H groups in total. The number of halogens is 1. The quantitative estimate of drug-likeness (QED) is 0.483. The van der Waals surface area contributed by atoms with E-state index in [1.165, 1.54) is 24.7 Å². The smallest absolute Gasteiger partial charge is 0.305 e. The lowest BCUT2D eigenvalue weighted by molar-refractivity contribution is -0.385. The van der Waals surface area contributed by atoms with Crippen LogP contribution in [0.4, 0.5) is 21.7 Å². The average molecular weight is 318 g/mol. The minimum Gasteiger partial charge on any atom is -0.368 e. The third kappa shape index (κ3) is 3.17. The third-order valence-corrected chi connectivity index (χ3v) is 3.80.